The Kier molecular flexibility index (Phi) is 5.43. The molecule has 26 heavy (non-hydrogen) atoms. The van der Waals surface area contributed by atoms with Gasteiger partial charge in [-0.3, -0.25) is 19.3 Å². The number of carbonyl (C=O) groups is 3. The van der Waals surface area contributed by atoms with Crippen LogP contribution < -0.4 is 5.32 Å². The summed E-state index contributed by atoms with van der Waals surface area (Å²) in [7, 11) is 1.62. The number of nitrogens with zero attached hydrogens (tertiary/aromatic N) is 1. The summed E-state index contributed by atoms with van der Waals surface area (Å²) in [5.41, 5.74) is 2.52. The van der Waals surface area contributed by atoms with Crippen molar-refractivity contribution in [3.8, 4) is 0 Å². The molecule has 0 atom stereocenters. The summed E-state index contributed by atoms with van der Waals surface area (Å²) in [6, 6.07) is 14.2. The second-order valence-corrected chi connectivity index (χ2v) is 6.09. The van der Waals surface area contributed by atoms with Gasteiger partial charge in [0, 0.05) is 25.8 Å². The van der Waals surface area contributed by atoms with Crippen LogP contribution in [0.1, 0.15) is 39.1 Å². The van der Waals surface area contributed by atoms with E-state index in [1.165, 1.54) is 4.90 Å². The number of hydrogen-bond donors (Lipinski definition) is 1. The maximum atomic E-state index is 12.3. The van der Waals surface area contributed by atoms with Crippen LogP contribution in [0.2, 0.25) is 0 Å². The fourth-order valence-electron chi connectivity index (χ4n) is 2.97. The van der Waals surface area contributed by atoms with Crippen LogP contribution in [0.3, 0.4) is 0 Å². The summed E-state index contributed by atoms with van der Waals surface area (Å²) in [6.07, 6.45) is 0.636. The molecule has 6 heteroatoms. The van der Waals surface area contributed by atoms with Gasteiger partial charge >= 0.3 is 0 Å². The predicted molar refractivity (Wildman–Crippen MR) is 96.8 cm³/mol. The average Bonchev–Trinajstić information content (AvgIpc) is 2.87. The van der Waals surface area contributed by atoms with E-state index < -0.39 is 0 Å². The summed E-state index contributed by atoms with van der Waals surface area (Å²) in [6.45, 7) is 0.701. The third kappa shape index (κ3) is 3.81. The van der Waals surface area contributed by atoms with Gasteiger partial charge in [-0.2, -0.15) is 0 Å². The van der Waals surface area contributed by atoms with E-state index in [1.807, 2.05) is 18.2 Å². The van der Waals surface area contributed by atoms with Gasteiger partial charge in [0.05, 0.1) is 17.7 Å². The summed E-state index contributed by atoms with van der Waals surface area (Å²) in [4.78, 5) is 37.8. The molecule has 1 heterocycles. The number of fused-ring (bicyclic) bond motifs is 1. The standard InChI is InChI=1S/C20H20N2O4/c1-26-13-14-6-4-7-15(12-14)21-18(23)10-5-11-22-19(24)16-8-2-3-9-17(16)20(22)25/h2-4,6-9,12H,5,10-11,13H2,1H3,(H,21,23). The molecular formula is C20H20N2O4. The van der Waals surface area contributed by atoms with Crippen LogP contribution in [0.25, 0.3) is 0 Å². The van der Waals surface area contributed by atoms with Crippen LogP contribution in [0, 0.1) is 0 Å². The van der Waals surface area contributed by atoms with Crippen molar-refractivity contribution in [3.05, 3.63) is 65.2 Å². The summed E-state index contributed by atoms with van der Waals surface area (Å²) < 4.78 is 5.07. The van der Waals surface area contributed by atoms with Gasteiger partial charge in [-0.05, 0) is 36.2 Å². The van der Waals surface area contributed by atoms with Crippen LogP contribution in [0.15, 0.2) is 48.5 Å². The molecule has 0 fully saturated rings. The SMILES string of the molecule is COCc1cccc(NC(=O)CCCN2C(=O)c3ccccc3C2=O)c1. The molecule has 3 rings (SSSR count). The van der Waals surface area contributed by atoms with Gasteiger partial charge in [0.1, 0.15) is 0 Å². The molecule has 0 spiro atoms. The fraction of sp³-hybridized carbons (Fsp3) is 0.250. The molecular weight excluding hydrogens is 332 g/mol. The van der Waals surface area contributed by atoms with Crippen molar-refractivity contribution < 1.29 is 19.1 Å². The highest BCUT2D eigenvalue weighted by molar-refractivity contribution is 6.21. The molecule has 134 valence electrons. The van der Waals surface area contributed by atoms with Crippen LogP contribution in [0.5, 0.6) is 0 Å². The second-order valence-electron chi connectivity index (χ2n) is 6.09. The van der Waals surface area contributed by atoms with Crippen LogP contribution in [-0.4, -0.2) is 36.3 Å². The number of rotatable bonds is 7. The van der Waals surface area contributed by atoms with Gasteiger partial charge in [-0.25, -0.2) is 0 Å². The number of hydrogen-bond acceptors (Lipinski definition) is 4. The normalized spacial score (nSPS) is 13.0. The molecule has 0 saturated heterocycles. The van der Waals surface area contributed by atoms with E-state index in [4.69, 9.17) is 4.74 Å². The number of nitrogens with one attached hydrogen (secondary N) is 1. The van der Waals surface area contributed by atoms with Crippen molar-refractivity contribution in [2.45, 2.75) is 19.4 Å². The molecule has 0 radical (unpaired) electrons. The zero-order valence-electron chi connectivity index (χ0n) is 14.5. The third-order valence-electron chi connectivity index (χ3n) is 4.19. The lowest BCUT2D eigenvalue weighted by molar-refractivity contribution is -0.116. The predicted octanol–water partition coefficient (Wildman–Crippen LogP) is 2.85. The number of ether oxygens (including phenoxy) is 1. The van der Waals surface area contributed by atoms with Crippen molar-refractivity contribution in [3.63, 3.8) is 0 Å². The van der Waals surface area contributed by atoms with E-state index in [1.54, 1.807) is 37.4 Å². The number of carbonyl (C=O) groups excluding carboxylic acids is 3. The molecule has 1 N–H and O–H groups in total. The van der Waals surface area contributed by atoms with E-state index >= 15 is 0 Å². The Hall–Kier alpha value is -2.99. The number of anilines is 1. The number of methoxy groups -OCH3 is 1. The van der Waals surface area contributed by atoms with Gasteiger partial charge in [0.2, 0.25) is 5.91 Å². The lowest BCUT2D eigenvalue weighted by Gasteiger charge is -2.13. The largest absolute Gasteiger partial charge is 0.380 e. The number of benzene rings is 2. The minimum atomic E-state index is -0.293. The van der Waals surface area contributed by atoms with E-state index in [0.717, 1.165) is 5.56 Å². The lowest BCUT2D eigenvalue weighted by atomic mass is 10.1. The highest BCUT2D eigenvalue weighted by Gasteiger charge is 2.34. The van der Waals surface area contributed by atoms with Gasteiger partial charge in [0.25, 0.3) is 11.8 Å². The topological polar surface area (TPSA) is 75.7 Å². The minimum absolute atomic E-state index is 0.156. The lowest BCUT2D eigenvalue weighted by Crippen LogP contribution is -2.31. The molecule has 1 aliphatic rings. The van der Waals surface area contributed by atoms with Crippen LogP contribution in [0.4, 0.5) is 5.69 Å². The van der Waals surface area contributed by atoms with Crippen LogP contribution >= 0.6 is 0 Å². The fourth-order valence-corrected chi connectivity index (χ4v) is 2.97. The quantitative estimate of drug-likeness (QED) is 0.778. The van der Waals surface area contributed by atoms with E-state index in [2.05, 4.69) is 5.32 Å². The maximum Gasteiger partial charge on any atom is 0.261 e. The molecule has 0 aliphatic carbocycles. The van der Waals surface area contributed by atoms with Gasteiger partial charge in [-0.1, -0.05) is 24.3 Å². The first kappa shape index (κ1) is 17.8. The Bertz CT molecular complexity index is 812. The van der Waals surface area contributed by atoms with Crippen molar-refractivity contribution in [1.29, 1.82) is 0 Å². The summed E-state index contributed by atoms with van der Waals surface area (Å²) in [5.74, 6) is -0.743. The first-order valence-electron chi connectivity index (χ1n) is 8.43. The zero-order valence-corrected chi connectivity index (χ0v) is 14.5. The monoisotopic (exact) mass is 352 g/mol. The summed E-state index contributed by atoms with van der Waals surface area (Å²) in [5, 5.41) is 2.82. The molecule has 6 nitrogen and oxygen atoms in total. The first-order chi connectivity index (χ1) is 12.6. The number of amides is 3. The van der Waals surface area contributed by atoms with Crippen molar-refractivity contribution in [1.82, 2.24) is 4.90 Å². The Balaban J connectivity index is 1.51. The van der Waals surface area contributed by atoms with E-state index in [9.17, 15) is 14.4 Å². The molecule has 3 amide bonds. The van der Waals surface area contributed by atoms with Gasteiger partial charge < -0.3 is 10.1 Å². The Morgan fingerprint density at radius 1 is 1.04 bits per heavy atom. The third-order valence-corrected chi connectivity index (χ3v) is 4.19. The highest BCUT2D eigenvalue weighted by atomic mass is 16.5. The van der Waals surface area contributed by atoms with Crippen molar-refractivity contribution in [2.75, 3.05) is 19.0 Å². The molecule has 0 aromatic heterocycles. The Morgan fingerprint density at radius 3 is 2.38 bits per heavy atom. The van der Waals surface area contributed by atoms with Crippen molar-refractivity contribution >= 4 is 23.4 Å². The molecule has 0 bridgehead atoms. The summed E-state index contributed by atoms with van der Waals surface area (Å²) >= 11 is 0. The second kappa shape index (κ2) is 7.93. The zero-order chi connectivity index (χ0) is 18.5. The first-order valence-corrected chi connectivity index (χ1v) is 8.43. The van der Waals surface area contributed by atoms with Gasteiger partial charge in [0.15, 0.2) is 0 Å². The molecule has 0 saturated carbocycles. The van der Waals surface area contributed by atoms with Crippen molar-refractivity contribution in [2.24, 2.45) is 0 Å². The molecule has 0 unspecified atom stereocenters. The molecule has 2 aromatic rings. The Morgan fingerprint density at radius 2 is 1.73 bits per heavy atom. The average molecular weight is 352 g/mol. The number of imide groups is 1. The van der Waals surface area contributed by atoms with Crippen LogP contribution in [-0.2, 0) is 16.1 Å². The van der Waals surface area contributed by atoms with E-state index in [0.29, 0.717) is 29.8 Å². The Labute approximate surface area is 151 Å². The van der Waals surface area contributed by atoms with Gasteiger partial charge in [-0.15, -0.1) is 0 Å². The maximum absolute atomic E-state index is 12.3. The highest BCUT2D eigenvalue weighted by Crippen LogP contribution is 2.22. The minimum Gasteiger partial charge on any atom is -0.380 e. The molecule has 1 aliphatic heterocycles. The smallest absolute Gasteiger partial charge is 0.261 e. The van der Waals surface area contributed by atoms with E-state index in [-0.39, 0.29) is 30.7 Å². The molecule has 2 aromatic carbocycles.